The fourth-order valence-electron chi connectivity index (χ4n) is 1.63. The molecule has 2 N–H and O–H groups in total. The van der Waals surface area contributed by atoms with Gasteiger partial charge in [0, 0.05) is 19.6 Å². The lowest BCUT2D eigenvalue weighted by Gasteiger charge is -2.20. The van der Waals surface area contributed by atoms with Crippen molar-refractivity contribution in [2.24, 2.45) is 0 Å². The molecule has 1 aliphatic rings. The molecule has 18 heavy (non-hydrogen) atoms. The third kappa shape index (κ3) is 2.93. The Balaban J connectivity index is 1.92. The summed E-state index contributed by atoms with van der Waals surface area (Å²) >= 11 is 0. The van der Waals surface area contributed by atoms with Crippen molar-refractivity contribution in [2.45, 2.75) is 12.0 Å². The van der Waals surface area contributed by atoms with E-state index in [1.807, 2.05) is 0 Å². The van der Waals surface area contributed by atoms with Crippen molar-refractivity contribution in [2.75, 3.05) is 32.2 Å². The van der Waals surface area contributed by atoms with E-state index in [2.05, 4.69) is 20.3 Å². The van der Waals surface area contributed by atoms with Crippen LogP contribution in [-0.2, 0) is 9.47 Å². The second kappa shape index (κ2) is 5.28. The van der Waals surface area contributed by atoms with Crippen molar-refractivity contribution in [3.05, 3.63) is 17.8 Å². The summed E-state index contributed by atoms with van der Waals surface area (Å²) in [4.78, 5) is 11.1. The van der Waals surface area contributed by atoms with Gasteiger partial charge >= 0.3 is 5.97 Å². The van der Waals surface area contributed by atoms with E-state index in [4.69, 9.17) is 4.74 Å². The van der Waals surface area contributed by atoms with Crippen LogP contribution in [0.3, 0.4) is 0 Å². The smallest absolute Gasteiger partial charge is 0.358 e. The number of esters is 1. The summed E-state index contributed by atoms with van der Waals surface area (Å²) in [5.74, 6) is -0.0418. The normalized spacial score (nSPS) is 22.8. The Bertz CT molecular complexity index is 415. The van der Waals surface area contributed by atoms with E-state index in [0.29, 0.717) is 32.0 Å². The molecule has 0 bridgehead atoms. The number of rotatable bonds is 4. The highest BCUT2D eigenvalue weighted by molar-refractivity contribution is 5.86. The van der Waals surface area contributed by atoms with E-state index in [1.165, 1.54) is 13.2 Å². The first kappa shape index (κ1) is 12.7. The van der Waals surface area contributed by atoms with E-state index in [1.54, 1.807) is 6.07 Å². The molecule has 2 rings (SSSR count). The predicted molar refractivity (Wildman–Crippen MR) is 62.2 cm³/mol. The number of methoxy groups -OCH3 is 1. The summed E-state index contributed by atoms with van der Waals surface area (Å²) in [6, 6.07) is 3.12. The van der Waals surface area contributed by atoms with Crippen LogP contribution in [0.2, 0.25) is 0 Å². The molecule has 0 amide bonds. The molecule has 98 valence electrons. The zero-order valence-corrected chi connectivity index (χ0v) is 10.0. The molecule has 1 atom stereocenters. The van der Waals surface area contributed by atoms with Crippen molar-refractivity contribution in [1.29, 1.82) is 0 Å². The molecule has 2 heterocycles. The summed E-state index contributed by atoms with van der Waals surface area (Å²) in [7, 11) is 1.28. The van der Waals surface area contributed by atoms with Crippen molar-refractivity contribution in [3.8, 4) is 0 Å². The molecular weight excluding hydrogens is 238 g/mol. The second-order valence-corrected chi connectivity index (χ2v) is 4.18. The highest BCUT2D eigenvalue weighted by atomic mass is 16.5. The lowest BCUT2D eigenvalue weighted by atomic mass is 10.0. The molecule has 1 saturated heterocycles. The number of hydrogen-bond donors (Lipinski definition) is 2. The van der Waals surface area contributed by atoms with Gasteiger partial charge < -0.3 is 19.9 Å². The summed E-state index contributed by atoms with van der Waals surface area (Å²) in [6.07, 6.45) is 0.591. The minimum atomic E-state index is -0.858. The van der Waals surface area contributed by atoms with Crippen LogP contribution < -0.4 is 5.32 Å². The Hall–Kier alpha value is -1.73. The summed E-state index contributed by atoms with van der Waals surface area (Å²) in [5.41, 5.74) is -0.714. The van der Waals surface area contributed by atoms with Gasteiger partial charge in [0.2, 0.25) is 0 Å². The highest BCUT2D eigenvalue weighted by Gasteiger charge is 2.31. The molecule has 0 radical (unpaired) electrons. The van der Waals surface area contributed by atoms with E-state index < -0.39 is 11.6 Å². The van der Waals surface area contributed by atoms with Gasteiger partial charge in [-0.3, -0.25) is 0 Å². The standard InChI is InChI=1S/C11H15N3O4/c1-17-10(15)8-2-3-9(14-13-8)12-6-11(16)4-5-18-7-11/h2-3,16H,4-7H2,1H3,(H,12,14). The first-order valence-corrected chi connectivity index (χ1v) is 5.59. The average molecular weight is 253 g/mol. The number of aliphatic hydroxyl groups is 1. The van der Waals surface area contributed by atoms with Crippen LogP contribution in [0.4, 0.5) is 5.82 Å². The molecule has 0 saturated carbocycles. The average Bonchev–Trinajstić information content (AvgIpc) is 2.83. The van der Waals surface area contributed by atoms with Crippen molar-refractivity contribution in [1.82, 2.24) is 10.2 Å². The second-order valence-electron chi connectivity index (χ2n) is 4.18. The molecule has 1 aromatic heterocycles. The van der Waals surface area contributed by atoms with Crippen molar-refractivity contribution < 1.29 is 19.4 Å². The maximum absolute atomic E-state index is 11.1. The Morgan fingerprint density at radius 3 is 3.00 bits per heavy atom. The lowest BCUT2D eigenvalue weighted by molar-refractivity contribution is 0.0381. The number of nitrogens with zero attached hydrogens (tertiary/aromatic N) is 2. The number of carbonyl (C=O) groups is 1. The van der Waals surface area contributed by atoms with Gasteiger partial charge in [-0.2, -0.15) is 0 Å². The fourth-order valence-corrected chi connectivity index (χ4v) is 1.63. The zero-order chi connectivity index (χ0) is 13.0. The first-order valence-electron chi connectivity index (χ1n) is 5.59. The monoisotopic (exact) mass is 253 g/mol. The van der Waals surface area contributed by atoms with Gasteiger partial charge in [0.05, 0.1) is 13.7 Å². The molecule has 1 fully saturated rings. The number of carbonyl (C=O) groups excluding carboxylic acids is 1. The summed E-state index contributed by atoms with van der Waals surface area (Å²) < 4.78 is 9.64. The molecule has 0 spiro atoms. The fraction of sp³-hybridized carbons (Fsp3) is 0.545. The van der Waals surface area contributed by atoms with Gasteiger partial charge in [0.1, 0.15) is 11.4 Å². The van der Waals surface area contributed by atoms with E-state index in [-0.39, 0.29) is 5.69 Å². The van der Waals surface area contributed by atoms with Gasteiger partial charge in [0.25, 0.3) is 0 Å². The van der Waals surface area contributed by atoms with Crippen LogP contribution >= 0.6 is 0 Å². The Kier molecular flexibility index (Phi) is 3.73. The van der Waals surface area contributed by atoms with Crippen LogP contribution in [0.15, 0.2) is 12.1 Å². The molecule has 0 aromatic carbocycles. The summed E-state index contributed by atoms with van der Waals surface area (Å²) in [5, 5.41) is 20.5. The molecule has 0 aliphatic carbocycles. The summed E-state index contributed by atoms with van der Waals surface area (Å²) in [6.45, 7) is 1.21. The van der Waals surface area contributed by atoms with Crippen LogP contribution in [0.5, 0.6) is 0 Å². The Morgan fingerprint density at radius 1 is 1.61 bits per heavy atom. The van der Waals surface area contributed by atoms with Gasteiger partial charge in [-0.25, -0.2) is 4.79 Å². The molecular formula is C11H15N3O4. The van der Waals surface area contributed by atoms with Crippen molar-refractivity contribution in [3.63, 3.8) is 0 Å². The van der Waals surface area contributed by atoms with Crippen LogP contribution in [0, 0.1) is 0 Å². The minimum absolute atomic E-state index is 0.144. The number of ether oxygens (including phenoxy) is 2. The molecule has 1 aromatic rings. The van der Waals surface area contributed by atoms with E-state index in [9.17, 15) is 9.90 Å². The SMILES string of the molecule is COC(=O)c1ccc(NCC2(O)CCOC2)nn1. The Morgan fingerprint density at radius 2 is 2.44 bits per heavy atom. The number of nitrogens with one attached hydrogen (secondary N) is 1. The van der Waals surface area contributed by atoms with Gasteiger partial charge in [-0.05, 0) is 12.1 Å². The van der Waals surface area contributed by atoms with E-state index >= 15 is 0 Å². The number of anilines is 1. The predicted octanol–water partition coefficient (Wildman–Crippen LogP) is -0.174. The minimum Gasteiger partial charge on any atom is -0.464 e. The van der Waals surface area contributed by atoms with Crippen LogP contribution in [0.1, 0.15) is 16.9 Å². The quantitative estimate of drug-likeness (QED) is 0.719. The topological polar surface area (TPSA) is 93.6 Å². The van der Waals surface area contributed by atoms with Gasteiger partial charge in [0.15, 0.2) is 5.69 Å². The van der Waals surface area contributed by atoms with E-state index in [0.717, 1.165) is 0 Å². The largest absolute Gasteiger partial charge is 0.464 e. The van der Waals surface area contributed by atoms with Crippen molar-refractivity contribution >= 4 is 11.8 Å². The number of hydrogen-bond acceptors (Lipinski definition) is 7. The highest BCUT2D eigenvalue weighted by Crippen LogP contribution is 2.18. The maximum atomic E-state index is 11.1. The third-order valence-corrected chi connectivity index (χ3v) is 2.74. The number of aromatic nitrogens is 2. The van der Waals surface area contributed by atoms with Crippen LogP contribution in [-0.4, -0.2) is 53.7 Å². The maximum Gasteiger partial charge on any atom is 0.358 e. The molecule has 1 unspecified atom stereocenters. The van der Waals surface area contributed by atoms with Gasteiger partial charge in [-0.15, -0.1) is 10.2 Å². The Labute approximate surface area is 104 Å². The molecule has 1 aliphatic heterocycles. The first-order chi connectivity index (χ1) is 8.63. The lowest BCUT2D eigenvalue weighted by Crippen LogP contribution is -2.37. The molecule has 7 nitrogen and oxygen atoms in total. The van der Waals surface area contributed by atoms with Gasteiger partial charge in [-0.1, -0.05) is 0 Å². The molecule has 7 heteroatoms. The third-order valence-electron chi connectivity index (χ3n) is 2.74. The zero-order valence-electron chi connectivity index (χ0n) is 10.0. The van der Waals surface area contributed by atoms with Crippen LogP contribution in [0.25, 0.3) is 0 Å².